The van der Waals surface area contributed by atoms with Gasteiger partial charge in [0, 0.05) is 12.2 Å². The standard InChI is InChI=1S/C13H17N3O/c1-16(2)9-11-5-3-4-6-13(11)15-8-12-7-14-10-17-12/h3-7,10,15H,8-9H2,1-2H3. The summed E-state index contributed by atoms with van der Waals surface area (Å²) < 4.78 is 5.19. The summed E-state index contributed by atoms with van der Waals surface area (Å²) in [6.45, 7) is 1.57. The Kier molecular flexibility index (Phi) is 3.77. The van der Waals surface area contributed by atoms with Crippen LogP contribution in [0.2, 0.25) is 0 Å². The average Bonchev–Trinajstić information content (AvgIpc) is 2.80. The molecule has 1 aromatic carbocycles. The maximum absolute atomic E-state index is 5.19. The first kappa shape index (κ1) is 11.7. The van der Waals surface area contributed by atoms with E-state index in [0.29, 0.717) is 6.54 Å². The third-order valence-corrected chi connectivity index (χ3v) is 2.44. The van der Waals surface area contributed by atoms with Crippen LogP contribution in [0.5, 0.6) is 0 Å². The fraction of sp³-hybridized carbons (Fsp3) is 0.308. The molecule has 0 saturated carbocycles. The van der Waals surface area contributed by atoms with E-state index in [1.54, 1.807) is 6.20 Å². The largest absolute Gasteiger partial charge is 0.447 e. The van der Waals surface area contributed by atoms with E-state index in [-0.39, 0.29) is 0 Å². The highest BCUT2D eigenvalue weighted by Gasteiger charge is 2.03. The Bertz CT molecular complexity index is 451. The van der Waals surface area contributed by atoms with Crippen molar-refractivity contribution in [2.45, 2.75) is 13.1 Å². The van der Waals surface area contributed by atoms with E-state index in [0.717, 1.165) is 18.0 Å². The summed E-state index contributed by atoms with van der Waals surface area (Å²) in [7, 11) is 4.13. The summed E-state index contributed by atoms with van der Waals surface area (Å²) in [5.74, 6) is 0.838. The Labute approximate surface area is 101 Å². The van der Waals surface area contributed by atoms with E-state index < -0.39 is 0 Å². The third-order valence-electron chi connectivity index (χ3n) is 2.44. The molecule has 90 valence electrons. The zero-order chi connectivity index (χ0) is 12.1. The molecule has 4 nitrogen and oxygen atoms in total. The maximum atomic E-state index is 5.19. The van der Waals surface area contributed by atoms with Crippen molar-refractivity contribution in [3.8, 4) is 0 Å². The van der Waals surface area contributed by atoms with Crippen LogP contribution in [0.1, 0.15) is 11.3 Å². The Morgan fingerprint density at radius 3 is 2.82 bits per heavy atom. The molecule has 0 bridgehead atoms. The van der Waals surface area contributed by atoms with Gasteiger partial charge in [-0.05, 0) is 25.7 Å². The molecule has 0 radical (unpaired) electrons. The van der Waals surface area contributed by atoms with Gasteiger partial charge in [0.15, 0.2) is 6.39 Å². The Hall–Kier alpha value is -1.81. The molecule has 0 amide bonds. The summed E-state index contributed by atoms with van der Waals surface area (Å²) in [4.78, 5) is 6.04. The molecule has 0 aliphatic rings. The SMILES string of the molecule is CN(C)Cc1ccccc1NCc1cnco1. The monoisotopic (exact) mass is 231 g/mol. The molecular formula is C13H17N3O. The van der Waals surface area contributed by atoms with E-state index in [9.17, 15) is 0 Å². The van der Waals surface area contributed by atoms with Crippen molar-refractivity contribution in [1.29, 1.82) is 0 Å². The van der Waals surface area contributed by atoms with Gasteiger partial charge in [-0.3, -0.25) is 0 Å². The predicted molar refractivity (Wildman–Crippen MR) is 67.7 cm³/mol. The lowest BCUT2D eigenvalue weighted by atomic mass is 10.1. The Morgan fingerprint density at radius 1 is 1.29 bits per heavy atom. The molecule has 0 unspecified atom stereocenters. The summed E-state index contributed by atoms with van der Waals surface area (Å²) in [5, 5.41) is 3.36. The van der Waals surface area contributed by atoms with Crippen molar-refractivity contribution in [2.75, 3.05) is 19.4 Å². The Balaban J connectivity index is 2.04. The predicted octanol–water partition coefficient (Wildman–Crippen LogP) is 2.35. The van der Waals surface area contributed by atoms with Gasteiger partial charge in [0.25, 0.3) is 0 Å². The molecule has 0 atom stereocenters. The van der Waals surface area contributed by atoms with Gasteiger partial charge in [-0.25, -0.2) is 4.98 Å². The fourth-order valence-electron chi connectivity index (χ4n) is 1.68. The number of oxazole rings is 1. The first-order valence-electron chi connectivity index (χ1n) is 5.59. The van der Waals surface area contributed by atoms with Crippen molar-refractivity contribution in [3.05, 3.63) is 48.2 Å². The first-order chi connectivity index (χ1) is 8.25. The van der Waals surface area contributed by atoms with Crippen molar-refractivity contribution < 1.29 is 4.42 Å². The molecule has 0 aliphatic heterocycles. The van der Waals surface area contributed by atoms with Gasteiger partial charge in [-0.1, -0.05) is 18.2 Å². The van der Waals surface area contributed by atoms with Gasteiger partial charge in [0.1, 0.15) is 5.76 Å². The topological polar surface area (TPSA) is 41.3 Å². The number of benzene rings is 1. The summed E-state index contributed by atoms with van der Waals surface area (Å²) >= 11 is 0. The number of hydrogen-bond donors (Lipinski definition) is 1. The van der Waals surface area contributed by atoms with Crippen molar-refractivity contribution in [3.63, 3.8) is 0 Å². The quantitative estimate of drug-likeness (QED) is 0.857. The second kappa shape index (κ2) is 5.50. The summed E-state index contributed by atoms with van der Waals surface area (Å²) in [5.41, 5.74) is 2.41. The van der Waals surface area contributed by atoms with Gasteiger partial charge in [0.2, 0.25) is 0 Å². The molecular weight excluding hydrogens is 214 g/mol. The molecule has 1 aromatic heterocycles. The van der Waals surface area contributed by atoms with Gasteiger partial charge in [-0.2, -0.15) is 0 Å². The number of aromatic nitrogens is 1. The van der Waals surface area contributed by atoms with Gasteiger partial charge in [0.05, 0.1) is 12.7 Å². The van der Waals surface area contributed by atoms with E-state index in [4.69, 9.17) is 4.42 Å². The Morgan fingerprint density at radius 2 is 2.12 bits per heavy atom. The lowest BCUT2D eigenvalue weighted by molar-refractivity contribution is 0.403. The van der Waals surface area contributed by atoms with Crippen LogP contribution in [0.4, 0.5) is 5.69 Å². The van der Waals surface area contributed by atoms with Crippen LogP contribution in [-0.4, -0.2) is 24.0 Å². The number of anilines is 1. The molecule has 4 heteroatoms. The number of nitrogens with one attached hydrogen (secondary N) is 1. The molecule has 0 spiro atoms. The van der Waals surface area contributed by atoms with Crippen LogP contribution >= 0.6 is 0 Å². The summed E-state index contributed by atoms with van der Waals surface area (Å²) in [6, 6.07) is 8.29. The fourth-order valence-corrected chi connectivity index (χ4v) is 1.68. The highest BCUT2D eigenvalue weighted by molar-refractivity contribution is 5.51. The third kappa shape index (κ3) is 3.32. The number of hydrogen-bond acceptors (Lipinski definition) is 4. The molecule has 0 aliphatic carbocycles. The molecule has 2 aromatic rings. The van der Waals surface area contributed by atoms with Gasteiger partial charge < -0.3 is 14.6 Å². The van der Waals surface area contributed by atoms with E-state index in [1.165, 1.54) is 12.0 Å². The molecule has 0 saturated heterocycles. The van der Waals surface area contributed by atoms with Gasteiger partial charge in [-0.15, -0.1) is 0 Å². The maximum Gasteiger partial charge on any atom is 0.180 e. The summed E-state index contributed by atoms with van der Waals surface area (Å²) in [6.07, 6.45) is 3.17. The highest BCUT2D eigenvalue weighted by Crippen LogP contribution is 2.17. The lowest BCUT2D eigenvalue weighted by Gasteiger charge is -2.14. The average molecular weight is 231 g/mol. The lowest BCUT2D eigenvalue weighted by Crippen LogP contribution is -2.12. The van der Waals surface area contributed by atoms with Crippen LogP contribution in [0, 0.1) is 0 Å². The minimum Gasteiger partial charge on any atom is -0.447 e. The highest BCUT2D eigenvalue weighted by atomic mass is 16.3. The zero-order valence-electron chi connectivity index (χ0n) is 10.2. The zero-order valence-corrected chi connectivity index (χ0v) is 10.2. The second-order valence-electron chi connectivity index (χ2n) is 4.22. The second-order valence-corrected chi connectivity index (χ2v) is 4.22. The number of rotatable bonds is 5. The minimum absolute atomic E-state index is 0.657. The molecule has 2 rings (SSSR count). The van der Waals surface area contributed by atoms with E-state index in [1.807, 2.05) is 6.07 Å². The van der Waals surface area contributed by atoms with Crippen molar-refractivity contribution >= 4 is 5.69 Å². The van der Waals surface area contributed by atoms with E-state index in [2.05, 4.69) is 47.5 Å². The van der Waals surface area contributed by atoms with Crippen LogP contribution < -0.4 is 5.32 Å². The van der Waals surface area contributed by atoms with Crippen molar-refractivity contribution in [1.82, 2.24) is 9.88 Å². The number of nitrogens with zero attached hydrogens (tertiary/aromatic N) is 2. The van der Waals surface area contributed by atoms with Crippen molar-refractivity contribution in [2.24, 2.45) is 0 Å². The smallest absolute Gasteiger partial charge is 0.180 e. The van der Waals surface area contributed by atoms with Gasteiger partial charge >= 0.3 is 0 Å². The van der Waals surface area contributed by atoms with Crippen LogP contribution in [0.15, 0.2) is 41.3 Å². The van der Waals surface area contributed by atoms with Crippen LogP contribution in [0.25, 0.3) is 0 Å². The van der Waals surface area contributed by atoms with Crippen LogP contribution in [-0.2, 0) is 13.1 Å². The number of para-hydroxylation sites is 1. The minimum atomic E-state index is 0.657. The molecule has 17 heavy (non-hydrogen) atoms. The molecule has 1 heterocycles. The van der Waals surface area contributed by atoms with E-state index >= 15 is 0 Å². The van der Waals surface area contributed by atoms with Crippen LogP contribution in [0.3, 0.4) is 0 Å². The normalized spacial score (nSPS) is 10.8. The first-order valence-corrected chi connectivity index (χ1v) is 5.59. The molecule has 1 N–H and O–H groups in total. The molecule has 0 fully saturated rings.